The van der Waals surface area contributed by atoms with Gasteiger partial charge in [-0.1, -0.05) is 20.8 Å². The molecule has 0 fully saturated rings. The SMILES string of the molecule is CN(C(=O)c1ccc(OC(=O)C(C)(C)C)cc1)c1nc(-c2ccncc2)nn1C(=O)C(C)(C)C. The molecule has 3 rings (SSSR count). The van der Waals surface area contributed by atoms with Gasteiger partial charge in [-0.15, -0.1) is 5.10 Å². The topological polar surface area (TPSA) is 107 Å². The van der Waals surface area contributed by atoms with Gasteiger partial charge in [0.05, 0.1) is 5.41 Å². The average molecular weight is 464 g/mol. The molecule has 2 aromatic heterocycles. The van der Waals surface area contributed by atoms with Crippen molar-refractivity contribution in [2.24, 2.45) is 10.8 Å². The second-order valence-corrected chi connectivity index (χ2v) is 9.97. The number of pyridine rings is 1. The number of carbonyl (C=O) groups is 3. The second kappa shape index (κ2) is 9.17. The van der Waals surface area contributed by atoms with Gasteiger partial charge in [-0.25, -0.2) is 0 Å². The molecule has 9 heteroatoms. The van der Waals surface area contributed by atoms with Crippen molar-refractivity contribution in [3.05, 3.63) is 54.4 Å². The number of anilines is 1. The molecule has 2 heterocycles. The molecule has 0 unspecified atom stereocenters. The first-order valence-corrected chi connectivity index (χ1v) is 10.8. The number of esters is 1. The fraction of sp³-hybridized carbons (Fsp3) is 0.360. The first kappa shape index (κ1) is 24.8. The molecule has 0 saturated heterocycles. The standard InChI is InChI=1S/C25H29N5O4/c1-24(2,3)21(32)30-23(27-19(28-30)16-12-14-26-15-13-16)29(7)20(31)17-8-10-18(11-9-17)34-22(33)25(4,5)6/h8-15H,1-7H3. The quantitative estimate of drug-likeness (QED) is 0.420. The summed E-state index contributed by atoms with van der Waals surface area (Å²) in [5.41, 5.74) is -0.394. The van der Waals surface area contributed by atoms with Crippen molar-refractivity contribution in [2.45, 2.75) is 41.5 Å². The van der Waals surface area contributed by atoms with Crippen molar-refractivity contribution in [1.82, 2.24) is 19.7 Å². The molecule has 0 N–H and O–H groups in total. The lowest BCUT2D eigenvalue weighted by Gasteiger charge is -2.21. The fourth-order valence-corrected chi connectivity index (χ4v) is 2.81. The molecular formula is C25H29N5O4. The zero-order chi connectivity index (χ0) is 25.3. The van der Waals surface area contributed by atoms with E-state index in [4.69, 9.17) is 4.74 Å². The number of carbonyl (C=O) groups excluding carboxylic acids is 3. The number of amides is 1. The lowest BCUT2D eigenvalue weighted by Crippen LogP contribution is -2.34. The van der Waals surface area contributed by atoms with Crippen LogP contribution in [-0.2, 0) is 4.79 Å². The molecule has 3 aromatic rings. The summed E-state index contributed by atoms with van der Waals surface area (Å²) in [6, 6.07) is 9.67. The summed E-state index contributed by atoms with van der Waals surface area (Å²) in [5, 5.41) is 4.39. The highest BCUT2D eigenvalue weighted by Gasteiger charge is 2.31. The van der Waals surface area contributed by atoms with Crippen LogP contribution in [0.15, 0.2) is 48.8 Å². The van der Waals surface area contributed by atoms with Crippen LogP contribution < -0.4 is 9.64 Å². The van der Waals surface area contributed by atoms with Gasteiger partial charge in [-0.3, -0.25) is 24.3 Å². The molecular weight excluding hydrogens is 434 g/mol. The van der Waals surface area contributed by atoms with E-state index in [0.29, 0.717) is 22.7 Å². The normalized spacial score (nSPS) is 11.7. The van der Waals surface area contributed by atoms with E-state index < -0.39 is 16.7 Å². The third-order valence-corrected chi connectivity index (χ3v) is 4.89. The van der Waals surface area contributed by atoms with Gasteiger partial charge in [0.2, 0.25) is 5.95 Å². The summed E-state index contributed by atoms with van der Waals surface area (Å²) >= 11 is 0. The highest BCUT2D eigenvalue weighted by atomic mass is 16.5. The van der Waals surface area contributed by atoms with E-state index in [1.54, 1.807) is 90.3 Å². The maximum Gasteiger partial charge on any atom is 0.316 e. The Morgan fingerprint density at radius 2 is 1.47 bits per heavy atom. The molecule has 34 heavy (non-hydrogen) atoms. The molecule has 0 atom stereocenters. The van der Waals surface area contributed by atoms with Crippen LogP contribution in [-0.4, -0.2) is 44.6 Å². The summed E-state index contributed by atoms with van der Waals surface area (Å²) in [7, 11) is 1.53. The van der Waals surface area contributed by atoms with Crippen LogP contribution in [0.2, 0.25) is 0 Å². The van der Waals surface area contributed by atoms with Crippen LogP contribution in [0, 0.1) is 10.8 Å². The summed E-state index contributed by atoms with van der Waals surface area (Å²) < 4.78 is 6.52. The third kappa shape index (κ3) is 5.36. The van der Waals surface area contributed by atoms with Crippen molar-refractivity contribution in [3.63, 3.8) is 0 Å². The van der Waals surface area contributed by atoms with Gasteiger partial charge in [0.15, 0.2) is 5.82 Å². The predicted molar refractivity (Wildman–Crippen MR) is 128 cm³/mol. The van der Waals surface area contributed by atoms with Crippen molar-refractivity contribution in [3.8, 4) is 17.1 Å². The van der Waals surface area contributed by atoms with Crippen LogP contribution in [0.25, 0.3) is 11.4 Å². The first-order valence-electron chi connectivity index (χ1n) is 10.8. The Morgan fingerprint density at radius 1 is 0.882 bits per heavy atom. The zero-order valence-electron chi connectivity index (χ0n) is 20.5. The van der Waals surface area contributed by atoms with E-state index in [0.717, 1.165) is 4.68 Å². The van der Waals surface area contributed by atoms with Gasteiger partial charge < -0.3 is 4.74 Å². The fourth-order valence-electron chi connectivity index (χ4n) is 2.81. The number of hydrogen-bond donors (Lipinski definition) is 0. The Labute approximate surface area is 198 Å². The summed E-state index contributed by atoms with van der Waals surface area (Å²) in [4.78, 5) is 48.2. The number of nitrogens with zero attached hydrogens (tertiary/aromatic N) is 5. The number of benzene rings is 1. The highest BCUT2D eigenvalue weighted by Crippen LogP contribution is 2.26. The van der Waals surface area contributed by atoms with Gasteiger partial charge in [0.1, 0.15) is 5.75 Å². The molecule has 0 saturated carbocycles. The predicted octanol–water partition coefficient (Wildman–Crippen LogP) is 4.25. The van der Waals surface area contributed by atoms with Gasteiger partial charge in [-0.2, -0.15) is 9.67 Å². The van der Waals surface area contributed by atoms with Crippen molar-refractivity contribution >= 4 is 23.7 Å². The van der Waals surface area contributed by atoms with Crippen molar-refractivity contribution < 1.29 is 19.1 Å². The Bertz CT molecular complexity index is 1200. The average Bonchev–Trinajstić information content (AvgIpc) is 3.22. The number of aromatic nitrogens is 4. The van der Waals surface area contributed by atoms with Crippen LogP contribution in [0.3, 0.4) is 0 Å². The Balaban J connectivity index is 1.93. The van der Waals surface area contributed by atoms with Crippen LogP contribution in [0.4, 0.5) is 5.95 Å². The summed E-state index contributed by atoms with van der Waals surface area (Å²) in [5.74, 6) is -0.338. The number of ether oxygens (including phenoxy) is 1. The smallest absolute Gasteiger partial charge is 0.316 e. The van der Waals surface area contributed by atoms with Crippen LogP contribution >= 0.6 is 0 Å². The van der Waals surface area contributed by atoms with E-state index in [-0.39, 0.29) is 17.8 Å². The molecule has 0 radical (unpaired) electrons. The number of rotatable bonds is 4. The lowest BCUT2D eigenvalue weighted by molar-refractivity contribution is -0.143. The maximum atomic E-state index is 13.2. The van der Waals surface area contributed by atoms with E-state index >= 15 is 0 Å². The molecule has 9 nitrogen and oxygen atoms in total. The van der Waals surface area contributed by atoms with E-state index in [2.05, 4.69) is 15.1 Å². The minimum Gasteiger partial charge on any atom is -0.426 e. The van der Waals surface area contributed by atoms with Gasteiger partial charge >= 0.3 is 5.97 Å². The highest BCUT2D eigenvalue weighted by molar-refractivity contribution is 6.06. The van der Waals surface area contributed by atoms with Crippen LogP contribution in [0.1, 0.15) is 56.7 Å². The van der Waals surface area contributed by atoms with Crippen molar-refractivity contribution in [1.29, 1.82) is 0 Å². The molecule has 0 bridgehead atoms. The molecule has 0 spiro atoms. The Kier molecular flexibility index (Phi) is 6.67. The Morgan fingerprint density at radius 3 is 2.00 bits per heavy atom. The van der Waals surface area contributed by atoms with Crippen LogP contribution in [0.5, 0.6) is 5.75 Å². The summed E-state index contributed by atoms with van der Waals surface area (Å²) in [6.07, 6.45) is 3.20. The molecule has 0 aliphatic rings. The van der Waals surface area contributed by atoms with Gasteiger partial charge in [0, 0.05) is 36.0 Å². The number of hydrogen-bond acceptors (Lipinski definition) is 7. The van der Waals surface area contributed by atoms with Gasteiger partial charge in [0.25, 0.3) is 11.8 Å². The van der Waals surface area contributed by atoms with E-state index in [1.165, 1.54) is 11.9 Å². The largest absolute Gasteiger partial charge is 0.426 e. The van der Waals surface area contributed by atoms with Crippen molar-refractivity contribution in [2.75, 3.05) is 11.9 Å². The molecule has 1 aromatic carbocycles. The first-order chi connectivity index (χ1) is 15.8. The van der Waals surface area contributed by atoms with E-state index in [9.17, 15) is 14.4 Å². The zero-order valence-corrected chi connectivity index (χ0v) is 20.5. The second-order valence-electron chi connectivity index (χ2n) is 9.97. The monoisotopic (exact) mass is 463 g/mol. The molecule has 178 valence electrons. The minimum atomic E-state index is -0.750. The Hall–Kier alpha value is -3.88. The lowest BCUT2D eigenvalue weighted by atomic mass is 9.96. The minimum absolute atomic E-state index is 0.0972. The third-order valence-electron chi connectivity index (χ3n) is 4.89. The van der Waals surface area contributed by atoms with Gasteiger partial charge in [-0.05, 0) is 57.2 Å². The van der Waals surface area contributed by atoms with E-state index in [1.807, 2.05) is 0 Å². The molecule has 0 aliphatic carbocycles. The maximum absolute atomic E-state index is 13.2. The molecule has 0 aliphatic heterocycles. The molecule has 1 amide bonds. The summed E-state index contributed by atoms with van der Waals surface area (Å²) in [6.45, 7) is 10.6.